The number of hydrogen-bond donors (Lipinski definition) is 0. The molecule has 230 valence electrons. The zero-order valence-corrected chi connectivity index (χ0v) is 31.0. The van der Waals surface area contributed by atoms with E-state index in [9.17, 15) is 14.4 Å². The fourth-order valence-electron chi connectivity index (χ4n) is 6.11. The number of nitrogens with zero attached hydrogens (tertiary/aromatic N) is 2. The molecule has 1 heterocycles. The van der Waals surface area contributed by atoms with E-state index in [2.05, 4.69) is 92.8 Å². The molecule has 8 nitrogen and oxygen atoms in total. The first kappa shape index (κ1) is 35.7. The van der Waals surface area contributed by atoms with Gasteiger partial charge in [0.05, 0.1) is 17.6 Å². The van der Waals surface area contributed by atoms with Gasteiger partial charge in [0.2, 0.25) is 11.4 Å². The van der Waals surface area contributed by atoms with Gasteiger partial charge in [-0.05, 0) is 86.4 Å². The Labute approximate surface area is 259 Å². The SMILES string of the molecule is Cc1cc2c(c(C)c1Br)C(=O)C(COC(=O)C(C)N([Si](C)C)C(C)(C)C)(COC(=O)C(C)N([Si](C)C)C(C)(C)C)O2. The molecule has 2 unspecified atom stereocenters. The lowest BCUT2D eigenvalue weighted by atomic mass is 9.93. The number of esters is 2. The quantitative estimate of drug-likeness (QED) is 0.224. The Kier molecular flexibility index (Phi) is 11.3. The standard InChI is InChI=1S/C30H49BrN2O6Si2/c1-18-15-22-23(19(2)24(18)31)25(34)30(39-22,16-37-26(35)20(3)32(40(11)12)28(5,6)7)17-38-27(36)21(4)33(41(13)14)29(8,9)10/h15,20-21H,16-17H2,1-14H3. The molecule has 0 bridgehead atoms. The van der Waals surface area contributed by atoms with E-state index in [0.29, 0.717) is 11.3 Å². The highest BCUT2D eigenvalue weighted by Crippen LogP contribution is 2.42. The fraction of sp³-hybridized carbons (Fsp3) is 0.700. The zero-order valence-electron chi connectivity index (χ0n) is 27.4. The van der Waals surface area contributed by atoms with E-state index in [1.165, 1.54) is 0 Å². The van der Waals surface area contributed by atoms with Gasteiger partial charge in [-0.3, -0.25) is 14.4 Å². The molecule has 2 rings (SSSR count). The van der Waals surface area contributed by atoms with E-state index >= 15 is 0 Å². The van der Waals surface area contributed by atoms with E-state index in [1.807, 2.05) is 27.7 Å². The second-order valence-electron chi connectivity index (χ2n) is 13.5. The van der Waals surface area contributed by atoms with E-state index in [4.69, 9.17) is 14.2 Å². The molecule has 1 aromatic carbocycles. The van der Waals surface area contributed by atoms with Crippen LogP contribution in [0.1, 0.15) is 76.9 Å². The Morgan fingerprint density at radius 2 is 1.29 bits per heavy atom. The maximum Gasteiger partial charge on any atom is 0.322 e. The Balaban J connectivity index is 2.41. The summed E-state index contributed by atoms with van der Waals surface area (Å²) < 4.78 is 23.1. The second kappa shape index (κ2) is 13.0. The molecule has 0 N–H and O–H groups in total. The number of carbonyl (C=O) groups excluding carboxylic acids is 3. The number of ether oxygens (including phenoxy) is 3. The maximum absolute atomic E-state index is 14.0. The molecule has 11 heteroatoms. The molecule has 41 heavy (non-hydrogen) atoms. The number of ketones is 1. The first-order valence-electron chi connectivity index (χ1n) is 14.1. The summed E-state index contributed by atoms with van der Waals surface area (Å²) in [6.07, 6.45) is 0. The Bertz CT molecular complexity index is 1110. The molecule has 1 aromatic rings. The van der Waals surface area contributed by atoms with Crippen LogP contribution in [-0.4, -0.2) is 86.7 Å². The van der Waals surface area contributed by atoms with Gasteiger partial charge in [-0.15, -0.1) is 0 Å². The number of halogens is 1. The van der Waals surface area contributed by atoms with Gasteiger partial charge < -0.3 is 23.3 Å². The third-order valence-corrected chi connectivity index (χ3v) is 12.6. The van der Waals surface area contributed by atoms with Crippen LogP contribution in [0.4, 0.5) is 0 Å². The van der Waals surface area contributed by atoms with Gasteiger partial charge in [0, 0.05) is 15.6 Å². The smallest absolute Gasteiger partial charge is 0.322 e. The van der Waals surface area contributed by atoms with E-state index in [0.717, 1.165) is 15.6 Å². The lowest BCUT2D eigenvalue weighted by Gasteiger charge is -2.42. The largest absolute Gasteiger partial charge is 0.471 e. The molecule has 0 amide bonds. The second-order valence-corrected chi connectivity index (χ2v) is 19.0. The number of carbonyl (C=O) groups is 3. The van der Waals surface area contributed by atoms with E-state index < -0.39 is 47.5 Å². The summed E-state index contributed by atoms with van der Waals surface area (Å²) in [4.78, 5) is 40.8. The summed E-state index contributed by atoms with van der Waals surface area (Å²) in [6.45, 7) is 27.6. The highest BCUT2D eigenvalue weighted by Gasteiger charge is 2.52. The molecule has 2 atom stereocenters. The van der Waals surface area contributed by atoms with Crippen molar-refractivity contribution < 1.29 is 28.6 Å². The average molecular weight is 670 g/mol. The van der Waals surface area contributed by atoms with Crippen molar-refractivity contribution in [3.8, 4) is 5.75 Å². The predicted octanol–water partition coefficient (Wildman–Crippen LogP) is 5.95. The minimum Gasteiger partial charge on any atom is -0.471 e. The zero-order chi connectivity index (χ0) is 31.8. The van der Waals surface area contributed by atoms with Crippen molar-refractivity contribution in [3.05, 3.63) is 27.2 Å². The first-order valence-corrected chi connectivity index (χ1v) is 19.8. The lowest BCUT2D eigenvalue weighted by Crippen LogP contribution is -2.58. The van der Waals surface area contributed by atoms with Crippen molar-refractivity contribution in [1.82, 2.24) is 9.13 Å². The number of hydrogen-bond acceptors (Lipinski definition) is 8. The molecule has 1 aliphatic heterocycles. The summed E-state index contributed by atoms with van der Waals surface area (Å²) in [5.41, 5.74) is -0.115. The lowest BCUT2D eigenvalue weighted by molar-refractivity contribution is -0.160. The highest BCUT2D eigenvalue weighted by molar-refractivity contribution is 9.10. The minimum atomic E-state index is -1.68. The van der Waals surface area contributed by atoms with Crippen LogP contribution < -0.4 is 4.74 Å². The summed E-state index contributed by atoms with van der Waals surface area (Å²) in [7, 11) is -1.99. The van der Waals surface area contributed by atoms with Crippen molar-refractivity contribution in [2.75, 3.05) is 13.2 Å². The van der Waals surface area contributed by atoms with E-state index in [1.54, 1.807) is 6.07 Å². The van der Waals surface area contributed by atoms with Gasteiger partial charge in [0.25, 0.3) is 0 Å². The number of rotatable bonds is 10. The number of aryl methyl sites for hydroxylation is 1. The summed E-state index contributed by atoms with van der Waals surface area (Å²) in [6, 6.07) is 0.742. The van der Waals surface area contributed by atoms with Crippen LogP contribution in [0.2, 0.25) is 26.2 Å². The van der Waals surface area contributed by atoms with Crippen molar-refractivity contribution in [2.24, 2.45) is 0 Å². The van der Waals surface area contributed by atoms with Crippen LogP contribution in [0.3, 0.4) is 0 Å². The van der Waals surface area contributed by atoms with Crippen LogP contribution in [0, 0.1) is 13.8 Å². The monoisotopic (exact) mass is 668 g/mol. The summed E-state index contributed by atoms with van der Waals surface area (Å²) >= 11 is 3.57. The van der Waals surface area contributed by atoms with Gasteiger partial charge in [0.1, 0.15) is 36.9 Å². The van der Waals surface area contributed by atoms with Gasteiger partial charge in [-0.1, -0.05) is 42.1 Å². The number of fused-ring (bicyclic) bond motifs is 1. The third kappa shape index (κ3) is 7.71. The maximum atomic E-state index is 14.0. The van der Waals surface area contributed by atoms with Gasteiger partial charge in [0.15, 0.2) is 0 Å². The van der Waals surface area contributed by atoms with Gasteiger partial charge in [-0.25, -0.2) is 0 Å². The fourth-order valence-corrected chi connectivity index (χ4v) is 10.9. The number of benzene rings is 1. The molecule has 0 saturated carbocycles. The first-order chi connectivity index (χ1) is 18.6. The Morgan fingerprint density at radius 1 is 0.902 bits per heavy atom. The van der Waals surface area contributed by atoms with Crippen molar-refractivity contribution >= 4 is 51.6 Å². The normalized spacial score (nSPS) is 19.0. The number of Topliss-reactive ketones (excluding diaryl/α,β-unsaturated/α-hetero) is 1. The third-order valence-electron chi connectivity index (χ3n) is 7.35. The van der Waals surface area contributed by atoms with Crippen LogP contribution in [-0.2, 0) is 19.1 Å². The van der Waals surface area contributed by atoms with E-state index in [-0.39, 0.29) is 30.1 Å². The molecule has 2 radical (unpaired) electrons. The van der Waals surface area contributed by atoms with Gasteiger partial charge in [-0.2, -0.15) is 0 Å². The molecule has 0 spiro atoms. The van der Waals surface area contributed by atoms with Crippen molar-refractivity contribution in [3.63, 3.8) is 0 Å². The topological polar surface area (TPSA) is 85.4 Å². The Morgan fingerprint density at radius 3 is 1.63 bits per heavy atom. The Hall–Kier alpha value is -1.54. The van der Waals surface area contributed by atoms with Crippen molar-refractivity contribution in [1.29, 1.82) is 0 Å². The molecule has 0 fully saturated rings. The molecular weight excluding hydrogens is 620 g/mol. The predicted molar refractivity (Wildman–Crippen MR) is 170 cm³/mol. The molecule has 0 aliphatic carbocycles. The molecular formula is C30H49BrN2O6Si2. The molecule has 0 aromatic heterocycles. The van der Waals surface area contributed by atoms with Crippen LogP contribution >= 0.6 is 15.9 Å². The summed E-state index contributed by atoms with van der Waals surface area (Å²) in [5, 5.41) is 0. The molecule has 0 saturated heterocycles. The van der Waals surface area contributed by atoms with Crippen LogP contribution in [0.25, 0.3) is 0 Å². The van der Waals surface area contributed by atoms with Crippen LogP contribution in [0.15, 0.2) is 10.5 Å². The van der Waals surface area contributed by atoms with Crippen molar-refractivity contribution in [2.45, 2.75) is 124 Å². The highest BCUT2D eigenvalue weighted by atomic mass is 79.9. The molecule has 1 aliphatic rings. The minimum absolute atomic E-state index is 0.242. The summed E-state index contributed by atoms with van der Waals surface area (Å²) in [5.74, 6) is -0.864. The average Bonchev–Trinajstić information content (AvgIpc) is 3.08. The van der Waals surface area contributed by atoms with Crippen LogP contribution in [0.5, 0.6) is 5.75 Å². The van der Waals surface area contributed by atoms with Gasteiger partial charge >= 0.3 is 11.9 Å².